The molecule has 0 fully saturated rings. The van der Waals surface area contributed by atoms with Crippen molar-refractivity contribution in [2.45, 2.75) is 6.92 Å². The zero-order valence-corrected chi connectivity index (χ0v) is 9.75. The fourth-order valence-electron chi connectivity index (χ4n) is 1.35. The molecule has 0 aliphatic carbocycles. The number of halogens is 1. The van der Waals surface area contributed by atoms with Crippen LogP contribution in [-0.4, -0.2) is 33.5 Å². The van der Waals surface area contributed by atoms with E-state index >= 15 is 0 Å². The fraction of sp³-hybridized carbons (Fsp3) is 0.500. The largest absolute Gasteiger partial charge is 0.382 e. The zero-order valence-electron chi connectivity index (χ0n) is 9.75. The highest BCUT2D eigenvalue weighted by atomic mass is 19.1. The number of aryl methyl sites for hydroxylation is 1. The summed E-state index contributed by atoms with van der Waals surface area (Å²) in [6.07, 6.45) is 0. The molecular weight excluding hydrogens is 209 g/mol. The summed E-state index contributed by atoms with van der Waals surface area (Å²) in [6.45, 7) is 4.15. The summed E-state index contributed by atoms with van der Waals surface area (Å²) < 4.78 is 23.5. The van der Waals surface area contributed by atoms with E-state index in [4.69, 9.17) is 9.47 Å². The molecule has 0 unspecified atom stereocenters. The molecule has 90 valence electrons. The SMILES string of the molecule is COCCOCCNc1c(C)cccc1F. The van der Waals surface area contributed by atoms with Gasteiger partial charge in [0.05, 0.1) is 25.5 Å². The normalized spacial score (nSPS) is 10.4. The number of anilines is 1. The number of hydrogen-bond donors (Lipinski definition) is 1. The molecule has 0 aliphatic heterocycles. The van der Waals surface area contributed by atoms with Crippen LogP contribution in [0.1, 0.15) is 5.56 Å². The molecule has 0 saturated heterocycles. The van der Waals surface area contributed by atoms with E-state index in [1.54, 1.807) is 13.2 Å². The summed E-state index contributed by atoms with van der Waals surface area (Å²) in [6, 6.07) is 5.02. The van der Waals surface area contributed by atoms with E-state index in [0.717, 1.165) is 5.56 Å². The van der Waals surface area contributed by atoms with Gasteiger partial charge in [-0.25, -0.2) is 4.39 Å². The Morgan fingerprint density at radius 1 is 1.25 bits per heavy atom. The quantitative estimate of drug-likeness (QED) is 0.724. The van der Waals surface area contributed by atoms with Gasteiger partial charge in [-0.3, -0.25) is 0 Å². The van der Waals surface area contributed by atoms with Crippen LogP contribution in [0, 0.1) is 12.7 Å². The standard InChI is InChI=1S/C12H18FNO2/c1-10-4-3-5-11(13)12(10)14-6-7-16-9-8-15-2/h3-5,14H,6-9H2,1-2H3. The van der Waals surface area contributed by atoms with Crippen LogP contribution < -0.4 is 5.32 Å². The van der Waals surface area contributed by atoms with Crippen molar-refractivity contribution < 1.29 is 13.9 Å². The summed E-state index contributed by atoms with van der Waals surface area (Å²) in [5.74, 6) is -0.225. The second-order valence-corrected chi connectivity index (χ2v) is 3.46. The molecule has 16 heavy (non-hydrogen) atoms. The molecule has 0 heterocycles. The molecule has 0 radical (unpaired) electrons. The molecule has 3 nitrogen and oxygen atoms in total. The maximum atomic E-state index is 13.4. The lowest BCUT2D eigenvalue weighted by Crippen LogP contribution is -2.13. The summed E-state index contributed by atoms with van der Waals surface area (Å²) in [5.41, 5.74) is 1.45. The first-order chi connectivity index (χ1) is 7.75. The topological polar surface area (TPSA) is 30.5 Å². The van der Waals surface area contributed by atoms with Crippen molar-refractivity contribution in [3.05, 3.63) is 29.6 Å². The minimum atomic E-state index is -0.225. The summed E-state index contributed by atoms with van der Waals surface area (Å²) >= 11 is 0. The molecule has 0 atom stereocenters. The lowest BCUT2D eigenvalue weighted by atomic mass is 10.2. The van der Waals surface area contributed by atoms with E-state index in [1.807, 2.05) is 13.0 Å². The van der Waals surface area contributed by atoms with Crippen molar-refractivity contribution in [2.24, 2.45) is 0 Å². The highest BCUT2D eigenvalue weighted by Gasteiger charge is 2.03. The molecule has 1 N–H and O–H groups in total. The Kier molecular flexibility index (Phi) is 5.82. The van der Waals surface area contributed by atoms with Crippen molar-refractivity contribution in [3.8, 4) is 0 Å². The smallest absolute Gasteiger partial charge is 0.146 e. The Balaban J connectivity index is 2.26. The number of ether oxygens (including phenoxy) is 2. The average molecular weight is 227 g/mol. The lowest BCUT2D eigenvalue weighted by molar-refractivity contribution is 0.0759. The van der Waals surface area contributed by atoms with Crippen LogP contribution >= 0.6 is 0 Å². The van der Waals surface area contributed by atoms with Crippen LogP contribution in [0.25, 0.3) is 0 Å². The number of para-hydroxylation sites is 1. The van der Waals surface area contributed by atoms with Crippen molar-refractivity contribution in [1.82, 2.24) is 0 Å². The Hall–Kier alpha value is -1.13. The van der Waals surface area contributed by atoms with Crippen LogP contribution in [0.4, 0.5) is 10.1 Å². The fourth-order valence-corrected chi connectivity index (χ4v) is 1.35. The van der Waals surface area contributed by atoms with Gasteiger partial charge in [-0.05, 0) is 18.6 Å². The van der Waals surface area contributed by atoms with Gasteiger partial charge in [0.2, 0.25) is 0 Å². The lowest BCUT2D eigenvalue weighted by Gasteiger charge is -2.10. The monoisotopic (exact) mass is 227 g/mol. The predicted molar refractivity (Wildman–Crippen MR) is 62.3 cm³/mol. The third-order valence-electron chi connectivity index (χ3n) is 2.20. The number of methoxy groups -OCH3 is 1. The maximum Gasteiger partial charge on any atom is 0.146 e. The van der Waals surface area contributed by atoms with Crippen LogP contribution in [0.2, 0.25) is 0 Å². The highest BCUT2D eigenvalue weighted by molar-refractivity contribution is 5.51. The number of nitrogens with one attached hydrogen (secondary N) is 1. The summed E-state index contributed by atoms with van der Waals surface area (Å²) in [4.78, 5) is 0. The zero-order chi connectivity index (χ0) is 11.8. The second-order valence-electron chi connectivity index (χ2n) is 3.46. The molecule has 1 rings (SSSR count). The Morgan fingerprint density at radius 2 is 2.06 bits per heavy atom. The molecule has 0 aromatic heterocycles. The van der Waals surface area contributed by atoms with Gasteiger partial charge < -0.3 is 14.8 Å². The van der Waals surface area contributed by atoms with E-state index < -0.39 is 0 Å². The Bertz CT molecular complexity index is 298. The summed E-state index contributed by atoms with van der Waals surface area (Å²) in [7, 11) is 1.63. The van der Waals surface area contributed by atoms with Crippen molar-refractivity contribution in [1.29, 1.82) is 0 Å². The number of rotatable bonds is 7. The first-order valence-electron chi connectivity index (χ1n) is 5.31. The van der Waals surface area contributed by atoms with E-state index in [9.17, 15) is 4.39 Å². The van der Waals surface area contributed by atoms with Gasteiger partial charge >= 0.3 is 0 Å². The molecule has 4 heteroatoms. The minimum Gasteiger partial charge on any atom is -0.382 e. The van der Waals surface area contributed by atoms with Crippen molar-refractivity contribution in [3.63, 3.8) is 0 Å². The average Bonchev–Trinajstić information content (AvgIpc) is 2.26. The Morgan fingerprint density at radius 3 is 2.75 bits per heavy atom. The summed E-state index contributed by atoms with van der Waals surface area (Å²) in [5, 5.41) is 3.02. The molecule has 0 spiro atoms. The van der Waals surface area contributed by atoms with Crippen LogP contribution in [0.15, 0.2) is 18.2 Å². The molecule has 0 aliphatic rings. The molecule has 0 bridgehead atoms. The second kappa shape index (κ2) is 7.19. The van der Waals surface area contributed by atoms with Gasteiger partial charge in [-0.1, -0.05) is 12.1 Å². The minimum absolute atomic E-state index is 0.225. The first kappa shape index (κ1) is 12.9. The van der Waals surface area contributed by atoms with Crippen molar-refractivity contribution in [2.75, 3.05) is 38.8 Å². The third-order valence-corrected chi connectivity index (χ3v) is 2.20. The molecular formula is C12H18FNO2. The van der Waals surface area contributed by atoms with E-state index in [1.165, 1.54) is 6.07 Å². The van der Waals surface area contributed by atoms with E-state index in [0.29, 0.717) is 32.1 Å². The van der Waals surface area contributed by atoms with Gasteiger partial charge in [0.25, 0.3) is 0 Å². The highest BCUT2D eigenvalue weighted by Crippen LogP contribution is 2.17. The number of hydrogen-bond acceptors (Lipinski definition) is 3. The van der Waals surface area contributed by atoms with Crippen molar-refractivity contribution >= 4 is 5.69 Å². The molecule has 1 aromatic rings. The molecule has 1 aromatic carbocycles. The van der Waals surface area contributed by atoms with Gasteiger partial charge in [-0.15, -0.1) is 0 Å². The van der Waals surface area contributed by atoms with Gasteiger partial charge in [0.15, 0.2) is 0 Å². The van der Waals surface area contributed by atoms with E-state index in [-0.39, 0.29) is 5.82 Å². The van der Waals surface area contributed by atoms with E-state index in [2.05, 4.69) is 5.32 Å². The van der Waals surface area contributed by atoms with Crippen LogP contribution in [-0.2, 0) is 9.47 Å². The number of benzene rings is 1. The molecule has 0 saturated carbocycles. The Labute approximate surface area is 95.6 Å². The third kappa shape index (κ3) is 4.16. The van der Waals surface area contributed by atoms with Gasteiger partial charge in [-0.2, -0.15) is 0 Å². The predicted octanol–water partition coefficient (Wildman–Crippen LogP) is 2.21. The molecule has 0 amide bonds. The van der Waals surface area contributed by atoms with Gasteiger partial charge in [0, 0.05) is 13.7 Å². The van der Waals surface area contributed by atoms with Gasteiger partial charge in [0.1, 0.15) is 5.82 Å². The van der Waals surface area contributed by atoms with Crippen LogP contribution in [0.5, 0.6) is 0 Å². The first-order valence-corrected chi connectivity index (χ1v) is 5.31. The maximum absolute atomic E-state index is 13.4. The van der Waals surface area contributed by atoms with Crippen LogP contribution in [0.3, 0.4) is 0 Å².